The van der Waals surface area contributed by atoms with Crippen molar-refractivity contribution < 1.29 is 0 Å². The number of rotatable bonds is 1. The van der Waals surface area contributed by atoms with Crippen LogP contribution in [0.2, 0.25) is 5.15 Å². The van der Waals surface area contributed by atoms with Gasteiger partial charge in [0.05, 0.1) is 0 Å². The summed E-state index contributed by atoms with van der Waals surface area (Å²) >= 11 is 5.90. The van der Waals surface area contributed by atoms with Crippen molar-refractivity contribution in [1.29, 1.82) is 0 Å². The predicted octanol–water partition coefficient (Wildman–Crippen LogP) is 1.59. The minimum Gasteiger partial charge on any atom is -0.296 e. The zero-order valence-corrected chi connectivity index (χ0v) is 8.36. The Kier molecular flexibility index (Phi) is 2.23. The monoisotopic (exact) mass is 208 g/mol. The van der Waals surface area contributed by atoms with Crippen LogP contribution < -0.4 is 10.9 Å². The maximum Gasteiger partial charge on any atom is 0.172 e. The van der Waals surface area contributed by atoms with Gasteiger partial charge in [-0.15, -0.1) is 10.2 Å². The molecule has 0 bridgehead atoms. The molecule has 0 aliphatic rings. The molecule has 1 heterocycles. The van der Waals surface area contributed by atoms with Crippen molar-refractivity contribution in [1.82, 2.24) is 10.2 Å². The molecule has 2 N–H and O–H groups in total. The molecule has 0 saturated carbocycles. The van der Waals surface area contributed by atoms with Gasteiger partial charge < -0.3 is 0 Å². The highest BCUT2D eigenvalue weighted by atomic mass is 35.5. The van der Waals surface area contributed by atoms with Crippen LogP contribution in [0.25, 0.3) is 10.8 Å². The zero-order chi connectivity index (χ0) is 10.1. The molecule has 0 radical (unpaired) electrons. The number of anilines is 1. The van der Waals surface area contributed by atoms with E-state index < -0.39 is 0 Å². The fourth-order valence-corrected chi connectivity index (χ4v) is 1.52. The van der Waals surface area contributed by atoms with E-state index in [4.69, 9.17) is 17.4 Å². The standard InChI is InChI=1S/C9H9ClN4/c1-14(11)9-7-5-3-2-4-6(7)8(10)12-13-9/h2-5H,11H2,1H3. The average molecular weight is 209 g/mol. The molecule has 0 amide bonds. The summed E-state index contributed by atoms with van der Waals surface area (Å²) in [7, 11) is 1.71. The van der Waals surface area contributed by atoms with E-state index >= 15 is 0 Å². The van der Waals surface area contributed by atoms with Crippen molar-refractivity contribution in [2.75, 3.05) is 12.1 Å². The van der Waals surface area contributed by atoms with Crippen LogP contribution in [0, 0.1) is 0 Å². The number of nitrogens with two attached hydrogens (primary N) is 1. The summed E-state index contributed by atoms with van der Waals surface area (Å²) in [6.07, 6.45) is 0. The summed E-state index contributed by atoms with van der Waals surface area (Å²) in [6.45, 7) is 0. The summed E-state index contributed by atoms with van der Waals surface area (Å²) in [5.41, 5.74) is 0. The van der Waals surface area contributed by atoms with Gasteiger partial charge in [0.25, 0.3) is 0 Å². The lowest BCUT2D eigenvalue weighted by atomic mass is 10.2. The maximum absolute atomic E-state index is 5.90. The van der Waals surface area contributed by atoms with Gasteiger partial charge in [-0.2, -0.15) is 0 Å². The van der Waals surface area contributed by atoms with E-state index in [1.165, 1.54) is 5.01 Å². The SMILES string of the molecule is CN(N)c1nnc(Cl)c2ccccc12. The molecule has 0 atom stereocenters. The van der Waals surface area contributed by atoms with E-state index in [-0.39, 0.29) is 0 Å². The first-order valence-electron chi connectivity index (χ1n) is 4.09. The van der Waals surface area contributed by atoms with Crippen molar-refractivity contribution in [3.05, 3.63) is 29.4 Å². The molecule has 0 saturated heterocycles. The number of hydrogen-bond acceptors (Lipinski definition) is 4. The molecule has 5 heteroatoms. The highest BCUT2D eigenvalue weighted by Crippen LogP contribution is 2.26. The first kappa shape index (κ1) is 9.18. The highest BCUT2D eigenvalue weighted by Gasteiger charge is 2.08. The lowest BCUT2D eigenvalue weighted by Gasteiger charge is -2.12. The van der Waals surface area contributed by atoms with Crippen LogP contribution in [-0.2, 0) is 0 Å². The smallest absolute Gasteiger partial charge is 0.172 e. The van der Waals surface area contributed by atoms with Crippen LogP contribution in [0.4, 0.5) is 5.82 Å². The van der Waals surface area contributed by atoms with E-state index in [1.807, 2.05) is 24.3 Å². The van der Waals surface area contributed by atoms with Crippen molar-refractivity contribution in [3.8, 4) is 0 Å². The lowest BCUT2D eigenvalue weighted by molar-refractivity contribution is 0.932. The van der Waals surface area contributed by atoms with Crippen molar-refractivity contribution in [3.63, 3.8) is 0 Å². The van der Waals surface area contributed by atoms with Crippen LogP contribution in [0.3, 0.4) is 0 Å². The zero-order valence-electron chi connectivity index (χ0n) is 7.61. The Balaban J connectivity index is 2.82. The van der Waals surface area contributed by atoms with Crippen LogP contribution in [0.15, 0.2) is 24.3 Å². The number of halogens is 1. The van der Waals surface area contributed by atoms with Gasteiger partial charge in [-0.25, -0.2) is 5.84 Å². The van der Waals surface area contributed by atoms with E-state index in [1.54, 1.807) is 7.05 Å². The molecule has 2 aromatic rings. The summed E-state index contributed by atoms with van der Waals surface area (Å²) in [6, 6.07) is 7.61. The Labute approximate surface area is 86.3 Å². The topological polar surface area (TPSA) is 55.0 Å². The summed E-state index contributed by atoms with van der Waals surface area (Å²) < 4.78 is 0. The largest absolute Gasteiger partial charge is 0.296 e. The van der Waals surface area contributed by atoms with Gasteiger partial charge in [0.2, 0.25) is 0 Å². The Bertz CT molecular complexity index is 469. The van der Waals surface area contributed by atoms with Gasteiger partial charge in [-0.3, -0.25) is 5.01 Å². The first-order chi connectivity index (χ1) is 6.70. The molecule has 0 fully saturated rings. The van der Waals surface area contributed by atoms with Crippen LogP contribution in [0.5, 0.6) is 0 Å². The first-order valence-corrected chi connectivity index (χ1v) is 4.47. The second-order valence-corrected chi connectivity index (χ2v) is 3.33. The van der Waals surface area contributed by atoms with Crippen molar-refractivity contribution in [2.24, 2.45) is 5.84 Å². The molecule has 14 heavy (non-hydrogen) atoms. The van der Waals surface area contributed by atoms with Gasteiger partial charge in [-0.1, -0.05) is 35.9 Å². The molecule has 0 aliphatic heterocycles. The number of hydrogen-bond donors (Lipinski definition) is 1. The van der Waals surface area contributed by atoms with Crippen molar-refractivity contribution in [2.45, 2.75) is 0 Å². The lowest BCUT2D eigenvalue weighted by Crippen LogP contribution is -2.26. The van der Waals surface area contributed by atoms with E-state index in [0.29, 0.717) is 11.0 Å². The predicted molar refractivity (Wildman–Crippen MR) is 57.1 cm³/mol. The van der Waals surface area contributed by atoms with Crippen molar-refractivity contribution >= 4 is 28.2 Å². The maximum atomic E-state index is 5.90. The summed E-state index contributed by atoms with van der Waals surface area (Å²) in [5.74, 6) is 6.23. The molecular weight excluding hydrogens is 200 g/mol. The fraction of sp³-hybridized carbons (Fsp3) is 0.111. The third-order valence-corrected chi connectivity index (χ3v) is 2.24. The molecule has 72 valence electrons. The Hall–Kier alpha value is -1.39. The Morgan fingerprint density at radius 1 is 1.21 bits per heavy atom. The van der Waals surface area contributed by atoms with Crippen LogP contribution in [-0.4, -0.2) is 17.2 Å². The summed E-state index contributed by atoms with van der Waals surface area (Å²) in [5, 5.41) is 11.3. The Morgan fingerprint density at radius 3 is 2.50 bits per heavy atom. The quantitative estimate of drug-likeness (QED) is 0.571. The molecule has 1 aromatic carbocycles. The molecule has 1 aromatic heterocycles. The third-order valence-electron chi connectivity index (χ3n) is 1.96. The van der Waals surface area contributed by atoms with Gasteiger partial charge >= 0.3 is 0 Å². The van der Waals surface area contributed by atoms with E-state index in [0.717, 1.165) is 10.8 Å². The number of benzene rings is 1. The molecule has 2 rings (SSSR count). The molecule has 0 aliphatic carbocycles. The van der Waals surface area contributed by atoms with Gasteiger partial charge in [0.15, 0.2) is 11.0 Å². The molecular formula is C9H9ClN4. The number of aromatic nitrogens is 2. The van der Waals surface area contributed by atoms with Gasteiger partial charge in [0.1, 0.15) is 0 Å². The second kappa shape index (κ2) is 3.40. The van der Waals surface area contributed by atoms with Crippen LogP contribution in [0.1, 0.15) is 0 Å². The molecule has 4 nitrogen and oxygen atoms in total. The van der Waals surface area contributed by atoms with Crippen LogP contribution >= 0.6 is 11.6 Å². The summed E-state index contributed by atoms with van der Waals surface area (Å²) in [4.78, 5) is 0. The fourth-order valence-electron chi connectivity index (χ4n) is 1.32. The minimum absolute atomic E-state index is 0.395. The third kappa shape index (κ3) is 1.38. The van der Waals surface area contributed by atoms with E-state index in [9.17, 15) is 0 Å². The molecule has 0 spiro atoms. The normalized spacial score (nSPS) is 10.5. The Morgan fingerprint density at radius 2 is 1.86 bits per heavy atom. The minimum atomic E-state index is 0.395. The second-order valence-electron chi connectivity index (χ2n) is 2.97. The number of hydrazine groups is 1. The highest BCUT2D eigenvalue weighted by molar-refractivity contribution is 6.34. The van der Waals surface area contributed by atoms with Gasteiger partial charge in [-0.05, 0) is 0 Å². The number of fused-ring (bicyclic) bond motifs is 1. The average Bonchev–Trinajstić information content (AvgIpc) is 2.18. The number of nitrogens with zero attached hydrogens (tertiary/aromatic N) is 3. The molecule has 0 unspecified atom stereocenters. The van der Waals surface area contributed by atoms with E-state index in [2.05, 4.69) is 10.2 Å². The van der Waals surface area contributed by atoms with Gasteiger partial charge in [0, 0.05) is 17.8 Å².